The summed E-state index contributed by atoms with van der Waals surface area (Å²) in [6.45, 7) is 4.06. The highest BCUT2D eigenvalue weighted by atomic mass is 32.2. The molecule has 0 saturated carbocycles. The number of amidine groups is 1. The number of sulfonamides is 1. The van der Waals surface area contributed by atoms with Gasteiger partial charge in [-0.05, 0) is 54.2 Å². The van der Waals surface area contributed by atoms with Gasteiger partial charge in [0.15, 0.2) is 10.3 Å². The molecule has 214 valence electrons. The molecule has 5 aromatic rings. The van der Waals surface area contributed by atoms with Crippen molar-refractivity contribution in [1.29, 1.82) is 0 Å². The Labute approximate surface area is 257 Å². The predicted octanol–water partition coefficient (Wildman–Crippen LogP) is 6.59. The fraction of sp³-hybridized carbons (Fsp3) is 0.0323. The Morgan fingerprint density at radius 1 is 0.977 bits per heavy atom. The van der Waals surface area contributed by atoms with Gasteiger partial charge in [0.05, 0.1) is 26.9 Å². The van der Waals surface area contributed by atoms with Crippen molar-refractivity contribution in [1.82, 2.24) is 19.7 Å². The van der Waals surface area contributed by atoms with Gasteiger partial charge in [-0.1, -0.05) is 54.6 Å². The van der Waals surface area contributed by atoms with E-state index in [9.17, 15) is 13.2 Å². The highest BCUT2D eigenvalue weighted by Gasteiger charge is 2.33. The minimum Gasteiger partial charge on any atom is -0.283 e. The molecule has 1 aliphatic rings. The molecular weight excluding hydrogens is 601 g/mol. The van der Waals surface area contributed by atoms with Crippen LogP contribution in [0, 0.1) is 0 Å². The molecule has 6 rings (SSSR count). The highest BCUT2D eigenvalue weighted by Crippen LogP contribution is 2.36. The lowest BCUT2D eigenvalue weighted by Gasteiger charge is -2.12. The topological polar surface area (TPSA) is 110 Å². The first-order valence-electron chi connectivity index (χ1n) is 13.1. The summed E-state index contributed by atoms with van der Waals surface area (Å²) in [5.74, 6) is -0.207. The molecule has 3 aromatic carbocycles. The number of para-hydroxylation sites is 1. The number of benzene rings is 3. The van der Waals surface area contributed by atoms with Gasteiger partial charge in [-0.2, -0.15) is 5.10 Å². The molecule has 0 unspecified atom stereocenters. The molecule has 3 heterocycles. The maximum Gasteiger partial charge on any atom is 0.267 e. The normalized spacial score (nSPS) is 15.3. The zero-order valence-electron chi connectivity index (χ0n) is 22.6. The third-order valence-corrected chi connectivity index (χ3v) is 9.50. The molecule has 9 nitrogen and oxygen atoms in total. The first-order valence-corrected chi connectivity index (χ1v) is 16.2. The number of hydrogen-bond donors (Lipinski definition) is 1. The molecule has 0 atom stereocenters. The van der Waals surface area contributed by atoms with Gasteiger partial charge in [-0.25, -0.2) is 23.1 Å². The van der Waals surface area contributed by atoms with Gasteiger partial charge in [0, 0.05) is 35.4 Å². The van der Waals surface area contributed by atoms with Crippen LogP contribution in [-0.4, -0.2) is 45.7 Å². The van der Waals surface area contributed by atoms with Crippen LogP contribution < -0.4 is 4.72 Å². The first kappa shape index (κ1) is 28.3. The van der Waals surface area contributed by atoms with E-state index < -0.39 is 10.0 Å². The Morgan fingerprint density at radius 3 is 2.37 bits per heavy atom. The van der Waals surface area contributed by atoms with Crippen molar-refractivity contribution >= 4 is 61.1 Å². The van der Waals surface area contributed by atoms with Crippen molar-refractivity contribution in [3.05, 3.63) is 126 Å². The average molecular weight is 625 g/mol. The summed E-state index contributed by atoms with van der Waals surface area (Å²) < 4.78 is 29.7. The summed E-state index contributed by atoms with van der Waals surface area (Å²) in [6, 6.07) is 25.7. The van der Waals surface area contributed by atoms with E-state index in [1.54, 1.807) is 33.2 Å². The van der Waals surface area contributed by atoms with Crippen molar-refractivity contribution in [3.8, 4) is 16.9 Å². The van der Waals surface area contributed by atoms with Crippen LogP contribution in [0.1, 0.15) is 5.56 Å². The summed E-state index contributed by atoms with van der Waals surface area (Å²) in [6.07, 6.45) is 6.91. The molecular formula is C31H24N6O3S3. The summed E-state index contributed by atoms with van der Waals surface area (Å²) in [4.78, 5) is 24.3. The lowest BCUT2D eigenvalue weighted by atomic mass is 10.1. The maximum absolute atomic E-state index is 13.6. The zero-order valence-corrected chi connectivity index (χ0v) is 25.0. The minimum atomic E-state index is -3.79. The smallest absolute Gasteiger partial charge is 0.267 e. The van der Waals surface area contributed by atoms with Gasteiger partial charge >= 0.3 is 0 Å². The number of hydrogen-bond acceptors (Lipinski definition) is 8. The fourth-order valence-electron chi connectivity index (χ4n) is 4.31. The molecule has 12 heteroatoms. The molecule has 0 bridgehead atoms. The van der Waals surface area contributed by atoms with Crippen molar-refractivity contribution in [2.24, 2.45) is 4.99 Å². The number of rotatable bonds is 9. The van der Waals surface area contributed by atoms with E-state index in [0.29, 0.717) is 15.8 Å². The second-order valence-corrected chi connectivity index (χ2v) is 12.8. The highest BCUT2D eigenvalue weighted by molar-refractivity contribution is 8.18. The van der Waals surface area contributed by atoms with E-state index >= 15 is 0 Å². The summed E-state index contributed by atoms with van der Waals surface area (Å²) >= 11 is 2.44. The number of aliphatic imine (C=N–C) groups is 1. The third kappa shape index (κ3) is 6.21. The van der Waals surface area contributed by atoms with Crippen LogP contribution in [0.25, 0.3) is 23.0 Å². The maximum atomic E-state index is 13.6. The number of aromatic nitrogens is 3. The van der Waals surface area contributed by atoms with Gasteiger partial charge < -0.3 is 0 Å². The Balaban J connectivity index is 1.32. The number of amides is 1. The van der Waals surface area contributed by atoms with Gasteiger partial charge in [0.25, 0.3) is 15.9 Å². The van der Waals surface area contributed by atoms with Crippen molar-refractivity contribution in [2.75, 3.05) is 11.3 Å². The van der Waals surface area contributed by atoms with Crippen LogP contribution in [0.3, 0.4) is 0 Å². The number of carbonyl (C=O) groups excluding carboxylic acids is 1. The monoisotopic (exact) mass is 624 g/mol. The van der Waals surface area contributed by atoms with Crippen LogP contribution in [0.2, 0.25) is 0 Å². The molecule has 0 aliphatic carbocycles. The lowest BCUT2D eigenvalue weighted by molar-refractivity contribution is -0.121. The number of anilines is 1. The molecule has 0 radical (unpaired) electrons. The molecule has 0 spiro atoms. The van der Waals surface area contributed by atoms with E-state index in [2.05, 4.69) is 21.3 Å². The van der Waals surface area contributed by atoms with Crippen LogP contribution in [0.4, 0.5) is 10.8 Å². The van der Waals surface area contributed by atoms with Crippen molar-refractivity contribution < 1.29 is 13.2 Å². The Hall–Kier alpha value is -4.78. The van der Waals surface area contributed by atoms with E-state index in [0.717, 1.165) is 22.5 Å². The summed E-state index contributed by atoms with van der Waals surface area (Å²) in [5, 5.41) is 7.28. The molecule has 2 aromatic heterocycles. The van der Waals surface area contributed by atoms with Crippen LogP contribution >= 0.6 is 23.1 Å². The van der Waals surface area contributed by atoms with E-state index in [-0.39, 0.29) is 22.5 Å². The van der Waals surface area contributed by atoms with Crippen molar-refractivity contribution in [2.45, 2.75) is 4.90 Å². The van der Waals surface area contributed by atoms with E-state index in [1.807, 2.05) is 72.9 Å². The van der Waals surface area contributed by atoms with E-state index in [4.69, 9.17) is 5.10 Å². The fourth-order valence-corrected chi connectivity index (χ4v) is 7.09. The van der Waals surface area contributed by atoms with Gasteiger partial charge in [0.2, 0.25) is 0 Å². The van der Waals surface area contributed by atoms with Gasteiger partial charge in [0.1, 0.15) is 0 Å². The quantitative estimate of drug-likeness (QED) is 0.146. The Kier molecular flexibility index (Phi) is 8.05. The average Bonchev–Trinajstić information content (AvgIpc) is 3.76. The Morgan fingerprint density at radius 2 is 1.70 bits per heavy atom. The van der Waals surface area contributed by atoms with Crippen LogP contribution in [-0.2, 0) is 14.8 Å². The SMILES string of the molecule is C=CCN1C(=O)C(=Cc2cn(-c3ccccc3)nc2-c2ccccc2)SC1=Nc1ccc(S(=O)(=O)Nc2nccs2)cc1. The number of carbonyl (C=O) groups is 1. The van der Waals surface area contributed by atoms with Gasteiger partial charge in [-0.15, -0.1) is 17.9 Å². The summed E-state index contributed by atoms with van der Waals surface area (Å²) in [5.41, 5.74) is 3.86. The first-order chi connectivity index (χ1) is 20.9. The van der Waals surface area contributed by atoms with Gasteiger partial charge in [-0.3, -0.25) is 14.4 Å². The summed E-state index contributed by atoms with van der Waals surface area (Å²) in [7, 11) is -3.79. The molecule has 1 saturated heterocycles. The molecule has 1 N–H and O–H groups in total. The molecule has 1 amide bonds. The minimum absolute atomic E-state index is 0.0780. The number of thiazole rings is 1. The second kappa shape index (κ2) is 12.2. The largest absolute Gasteiger partial charge is 0.283 e. The molecule has 1 fully saturated rings. The zero-order chi connectivity index (χ0) is 29.8. The lowest BCUT2D eigenvalue weighted by Crippen LogP contribution is -2.29. The number of nitrogens with zero attached hydrogens (tertiary/aromatic N) is 5. The number of nitrogens with one attached hydrogen (secondary N) is 1. The second-order valence-electron chi connectivity index (χ2n) is 9.23. The molecule has 43 heavy (non-hydrogen) atoms. The van der Waals surface area contributed by atoms with E-state index in [1.165, 1.54) is 41.4 Å². The third-order valence-electron chi connectivity index (χ3n) is 6.32. The van der Waals surface area contributed by atoms with Crippen molar-refractivity contribution in [3.63, 3.8) is 0 Å². The molecule has 1 aliphatic heterocycles. The number of thioether (sulfide) groups is 1. The van der Waals surface area contributed by atoms with Crippen LogP contribution in [0.5, 0.6) is 0 Å². The predicted molar refractivity (Wildman–Crippen MR) is 173 cm³/mol. The standard InChI is InChI=1S/C31H24N6O3S3/c1-2-18-36-29(38)27(20-23-21-37(25-11-7-4-8-12-25)34-28(23)22-9-5-3-6-10-22)42-31(36)33-24-13-15-26(16-14-24)43(39,40)35-30-32-17-19-41-30/h2-17,19-21H,1,18H2,(H,32,35). The Bertz CT molecular complexity index is 1930. The van der Waals surface area contributed by atoms with Crippen LogP contribution in [0.15, 0.2) is 130 Å².